The highest BCUT2D eigenvalue weighted by molar-refractivity contribution is 5.92. The first-order chi connectivity index (χ1) is 9.56. The van der Waals surface area contributed by atoms with Crippen molar-refractivity contribution in [2.24, 2.45) is 0 Å². The summed E-state index contributed by atoms with van der Waals surface area (Å²) in [6.45, 7) is 0.782. The third kappa shape index (κ3) is 2.10. The predicted molar refractivity (Wildman–Crippen MR) is 82.2 cm³/mol. The van der Waals surface area contributed by atoms with E-state index in [-0.39, 0.29) is 0 Å². The van der Waals surface area contributed by atoms with Gasteiger partial charge in [-0.1, -0.05) is 12.1 Å². The molecule has 0 unspecified atom stereocenters. The molecule has 3 aromatic rings. The number of anilines is 1. The number of benzene rings is 1. The highest BCUT2D eigenvalue weighted by Gasteiger charge is 2.12. The Kier molecular flexibility index (Phi) is 3.06. The quantitative estimate of drug-likeness (QED) is 0.729. The molecule has 0 amide bonds. The molecule has 20 heavy (non-hydrogen) atoms. The standard InChI is InChI=1S/C15H19N5/c1-18(2)9-14-16-12-8-6-5-7-11(12)15-17-13(19(3)4)10-20(14)15/h5-8,10H,9H2,1-4H3. The van der Waals surface area contributed by atoms with Gasteiger partial charge in [-0.3, -0.25) is 4.40 Å². The highest BCUT2D eigenvalue weighted by Crippen LogP contribution is 2.22. The van der Waals surface area contributed by atoms with Crippen LogP contribution in [0.5, 0.6) is 0 Å². The molecule has 0 radical (unpaired) electrons. The summed E-state index contributed by atoms with van der Waals surface area (Å²) >= 11 is 0. The molecule has 0 aliphatic rings. The van der Waals surface area contributed by atoms with Crippen LogP contribution >= 0.6 is 0 Å². The van der Waals surface area contributed by atoms with Gasteiger partial charge in [0.2, 0.25) is 0 Å². The number of hydrogen-bond acceptors (Lipinski definition) is 4. The van der Waals surface area contributed by atoms with E-state index in [1.54, 1.807) is 0 Å². The van der Waals surface area contributed by atoms with Gasteiger partial charge in [0.25, 0.3) is 0 Å². The molecule has 1 aromatic carbocycles. The molecule has 0 bridgehead atoms. The largest absolute Gasteiger partial charge is 0.361 e. The molecule has 0 N–H and O–H groups in total. The van der Waals surface area contributed by atoms with Crippen molar-refractivity contribution in [1.82, 2.24) is 19.3 Å². The van der Waals surface area contributed by atoms with E-state index in [1.165, 1.54) is 0 Å². The van der Waals surface area contributed by atoms with E-state index in [0.717, 1.165) is 34.7 Å². The molecule has 5 heteroatoms. The zero-order valence-electron chi connectivity index (χ0n) is 12.3. The van der Waals surface area contributed by atoms with Crippen molar-refractivity contribution in [1.29, 1.82) is 0 Å². The van der Waals surface area contributed by atoms with Gasteiger partial charge in [-0.2, -0.15) is 0 Å². The zero-order valence-corrected chi connectivity index (χ0v) is 12.3. The minimum absolute atomic E-state index is 0.782. The van der Waals surface area contributed by atoms with Crippen molar-refractivity contribution < 1.29 is 0 Å². The fourth-order valence-electron chi connectivity index (χ4n) is 2.32. The Labute approximate surface area is 118 Å². The summed E-state index contributed by atoms with van der Waals surface area (Å²) in [7, 11) is 8.10. The Bertz CT molecular complexity index is 757. The van der Waals surface area contributed by atoms with E-state index in [4.69, 9.17) is 9.97 Å². The van der Waals surface area contributed by atoms with Crippen LogP contribution in [0.1, 0.15) is 5.82 Å². The normalized spacial score (nSPS) is 11.7. The highest BCUT2D eigenvalue weighted by atomic mass is 15.2. The van der Waals surface area contributed by atoms with Crippen LogP contribution in [-0.2, 0) is 6.54 Å². The Hall–Kier alpha value is -2.14. The van der Waals surface area contributed by atoms with Gasteiger partial charge in [-0.15, -0.1) is 0 Å². The van der Waals surface area contributed by atoms with Crippen molar-refractivity contribution in [3.8, 4) is 0 Å². The summed E-state index contributed by atoms with van der Waals surface area (Å²) in [6.07, 6.45) is 2.05. The fraction of sp³-hybridized carbons (Fsp3) is 0.333. The number of imidazole rings is 1. The molecule has 0 saturated carbocycles. The molecule has 2 heterocycles. The second-order valence-corrected chi connectivity index (χ2v) is 5.47. The molecule has 0 spiro atoms. The molecular formula is C15H19N5. The summed E-state index contributed by atoms with van der Waals surface area (Å²) < 4.78 is 2.09. The maximum absolute atomic E-state index is 4.78. The van der Waals surface area contributed by atoms with Gasteiger partial charge in [0.1, 0.15) is 17.3 Å². The fourth-order valence-corrected chi connectivity index (χ4v) is 2.32. The van der Waals surface area contributed by atoms with Gasteiger partial charge in [0.05, 0.1) is 18.3 Å². The van der Waals surface area contributed by atoms with Crippen molar-refractivity contribution in [2.75, 3.05) is 33.1 Å². The molecule has 0 saturated heterocycles. The van der Waals surface area contributed by atoms with Gasteiger partial charge >= 0.3 is 0 Å². The monoisotopic (exact) mass is 269 g/mol. The maximum Gasteiger partial charge on any atom is 0.150 e. The number of fused-ring (bicyclic) bond motifs is 3. The van der Waals surface area contributed by atoms with Crippen LogP contribution < -0.4 is 4.90 Å². The van der Waals surface area contributed by atoms with Gasteiger partial charge in [0.15, 0.2) is 0 Å². The number of rotatable bonds is 3. The van der Waals surface area contributed by atoms with E-state index < -0.39 is 0 Å². The van der Waals surface area contributed by atoms with Crippen LogP contribution in [0.25, 0.3) is 16.6 Å². The van der Waals surface area contributed by atoms with E-state index in [0.29, 0.717) is 0 Å². The average Bonchev–Trinajstić information content (AvgIpc) is 2.84. The second kappa shape index (κ2) is 4.76. The van der Waals surface area contributed by atoms with Crippen LogP contribution in [0.2, 0.25) is 0 Å². The smallest absolute Gasteiger partial charge is 0.150 e. The Balaban J connectivity index is 2.34. The zero-order chi connectivity index (χ0) is 14.3. The third-order valence-electron chi connectivity index (χ3n) is 3.28. The third-order valence-corrected chi connectivity index (χ3v) is 3.28. The molecular weight excluding hydrogens is 250 g/mol. The van der Waals surface area contributed by atoms with Crippen LogP contribution in [0, 0.1) is 0 Å². The van der Waals surface area contributed by atoms with Gasteiger partial charge in [-0.25, -0.2) is 9.97 Å². The summed E-state index contributed by atoms with van der Waals surface area (Å²) in [5.74, 6) is 1.95. The van der Waals surface area contributed by atoms with Crippen molar-refractivity contribution in [2.45, 2.75) is 6.54 Å². The number of hydrogen-bond donors (Lipinski definition) is 0. The lowest BCUT2D eigenvalue weighted by Gasteiger charge is -2.12. The first-order valence-corrected chi connectivity index (χ1v) is 6.65. The Morgan fingerprint density at radius 2 is 1.80 bits per heavy atom. The lowest BCUT2D eigenvalue weighted by molar-refractivity contribution is 0.389. The average molecular weight is 269 g/mol. The molecule has 104 valence electrons. The molecule has 0 fully saturated rings. The number of para-hydroxylation sites is 1. The number of aromatic nitrogens is 3. The first-order valence-electron chi connectivity index (χ1n) is 6.65. The van der Waals surface area contributed by atoms with Gasteiger partial charge in [-0.05, 0) is 26.2 Å². The van der Waals surface area contributed by atoms with Crippen molar-refractivity contribution in [3.05, 3.63) is 36.3 Å². The molecule has 0 aliphatic carbocycles. The van der Waals surface area contributed by atoms with Crippen LogP contribution in [0.4, 0.5) is 5.82 Å². The van der Waals surface area contributed by atoms with Gasteiger partial charge < -0.3 is 9.80 Å². The molecule has 5 nitrogen and oxygen atoms in total. The molecule has 0 aliphatic heterocycles. The second-order valence-electron chi connectivity index (χ2n) is 5.47. The Morgan fingerprint density at radius 1 is 1.05 bits per heavy atom. The molecule has 0 atom stereocenters. The SMILES string of the molecule is CN(C)Cc1nc2ccccc2c2nc(N(C)C)cn12. The van der Waals surface area contributed by atoms with Crippen molar-refractivity contribution in [3.63, 3.8) is 0 Å². The van der Waals surface area contributed by atoms with Crippen LogP contribution in [0.15, 0.2) is 30.5 Å². The van der Waals surface area contributed by atoms with E-state index in [2.05, 4.69) is 15.4 Å². The summed E-state index contributed by atoms with van der Waals surface area (Å²) in [5, 5.41) is 1.09. The number of nitrogens with zero attached hydrogens (tertiary/aromatic N) is 5. The van der Waals surface area contributed by atoms with E-state index in [1.807, 2.05) is 57.5 Å². The van der Waals surface area contributed by atoms with E-state index >= 15 is 0 Å². The van der Waals surface area contributed by atoms with Gasteiger partial charge in [0, 0.05) is 19.5 Å². The topological polar surface area (TPSA) is 36.7 Å². The molecule has 3 rings (SSSR count). The summed E-state index contributed by atoms with van der Waals surface area (Å²) in [5.41, 5.74) is 1.96. The van der Waals surface area contributed by atoms with Crippen molar-refractivity contribution >= 4 is 22.4 Å². The summed E-state index contributed by atoms with van der Waals surface area (Å²) in [4.78, 5) is 13.6. The Morgan fingerprint density at radius 3 is 2.50 bits per heavy atom. The van der Waals surface area contributed by atoms with E-state index in [9.17, 15) is 0 Å². The van der Waals surface area contributed by atoms with Crippen LogP contribution in [-0.4, -0.2) is 47.5 Å². The first kappa shape index (κ1) is 12.9. The summed E-state index contributed by atoms with van der Waals surface area (Å²) in [6, 6.07) is 8.16. The maximum atomic E-state index is 4.78. The lowest BCUT2D eigenvalue weighted by atomic mass is 10.2. The minimum atomic E-state index is 0.782. The predicted octanol–water partition coefficient (Wildman–Crippen LogP) is 2.01. The lowest BCUT2D eigenvalue weighted by Crippen LogP contribution is -2.15. The minimum Gasteiger partial charge on any atom is -0.361 e. The van der Waals surface area contributed by atoms with Crippen LogP contribution in [0.3, 0.4) is 0 Å². The molecule has 2 aromatic heterocycles.